The van der Waals surface area contributed by atoms with Crippen molar-refractivity contribution in [3.05, 3.63) is 124 Å². The topological polar surface area (TPSA) is 126 Å². The van der Waals surface area contributed by atoms with E-state index in [2.05, 4.69) is 32.3 Å². The van der Waals surface area contributed by atoms with Crippen LogP contribution >= 0.6 is 0 Å². The second kappa shape index (κ2) is 11.1. The second-order valence-electron chi connectivity index (χ2n) is 10.1. The third-order valence-corrected chi connectivity index (χ3v) is 7.14. The zero-order valence-corrected chi connectivity index (χ0v) is 23.8. The number of nitrogens with two attached hydrogens (primary N) is 1. The zero-order chi connectivity index (χ0) is 30.1. The maximum absolute atomic E-state index is 14.3. The summed E-state index contributed by atoms with van der Waals surface area (Å²) in [6.45, 7) is 1.83. The Labute approximate surface area is 247 Å². The third kappa shape index (κ3) is 5.15. The minimum Gasteiger partial charge on any atom is -0.382 e. The highest BCUT2D eigenvalue weighted by molar-refractivity contribution is 6.04. The van der Waals surface area contributed by atoms with E-state index in [1.807, 2.05) is 80.8 Å². The van der Waals surface area contributed by atoms with Crippen LogP contribution in [-0.4, -0.2) is 35.0 Å². The molecule has 0 aliphatic heterocycles. The largest absolute Gasteiger partial charge is 0.382 e. The Hall–Kier alpha value is -5.95. The SMILES string of the molecule is C[C@H](NC(=O)c1c(N)nn(C)c1-c1ccccn1)c1cc2cccc(C#Cc3cnn(C)c3)c2c(=O)n1-c1ccccc1. The first-order valence-corrected chi connectivity index (χ1v) is 13.6. The van der Waals surface area contributed by atoms with Crippen LogP contribution in [0.25, 0.3) is 27.8 Å². The van der Waals surface area contributed by atoms with E-state index < -0.39 is 11.9 Å². The van der Waals surface area contributed by atoms with Crippen molar-refractivity contribution < 1.29 is 4.79 Å². The molecule has 10 heteroatoms. The molecule has 4 aromatic heterocycles. The molecule has 6 aromatic rings. The predicted octanol–water partition coefficient (Wildman–Crippen LogP) is 3.99. The second-order valence-corrected chi connectivity index (χ2v) is 10.1. The van der Waals surface area contributed by atoms with Gasteiger partial charge in [-0.05, 0) is 48.7 Å². The van der Waals surface area contributed by atoms with E-state index >= 15 is 0 Å². The van der Waals surface area contributed by atoms with Gasteiger partial charge in [0.25, 0.3) is 11.5 Å². The van der Waals surface area contributed by atoms with Crippen molar-refractivity contribution >= 4 is 22.5 Å². The Balaban J connectivity index is 1.46. The van der Waals surface area contributed by atoms with Gasteiger partial charge in [0, 0.05) is 43.4 Å². The number of hydrogen-bond donors (Lipinski definition) is 2. The quantitative estimate of drug-likeness (QED) is 0.303. The lowest BCUT2D eigenvalue weighted by molar-refractivity contribution is 0.0940. The maximum atomic E-state index is 14.3. The fourth-order valence-corrected chi connectivity index (χ4v) is 5.18. The van der Waals surface area contributed by atoms with E-state index in [0.717, 1.165) is 5.56 Å². The molecule has 0 aliphatic rings. The van der Waals surface area contributed by atoms with Gasteiger partial charge >= 0.3 is 0 Å². The number of hydrogen-bond acceptors (Lipinski definition) is 6. The number of anilines is 1. The van der Waals surface area contributed by atoms with Crippen LogP contribution in [0.4, 0.5) is 5.82 Å². The smallest absolute Gasteiger partial charge is 0.264 e. The number of pyridine rings is 2. The molecule has 0 saturated heterocycles. The zero-order valence-electron chi connectivity index (χ0n) is 23.8. The normalized spacial score (nSPS) is 11.6. The van der Waals surface area contributed by atoms with Crippen LogP contribution < -0.4 is 16.6 Å². The molecule has 1 amide bonds. The first kappa shape index (κ1) is 27.2. The van der Waals surface area contributed by atoms with E-state index in [4.69, 9.17) is 5.73 Å². The summed E-state index contributed by atoms with van der Waals surface area (Å²) >= 11 is 0. The van der Waals surface area contributed by atoms with Crippen molar-refractivity contribution in [3.8, 4) is 28.9 Å². The van der Waals surface area contributed by atoms with Gasteiger partial charge in [-0.2, -0.15) is 10.2 Å². The minimum absolute atomic E-state index is 0.0867. The third-order valence-electron chi connectivity index (χ3n) is 7.14. The summed E-state index contributed by atoms with van der Waals surface area (Å²) in [6.07, 6.45) is 5.14. The lowest BCUT2D eigenvalue weighted by atomic mass is 10.0. The number of benzene rings is 2. The molecule has 43 heavy (non-hydrogen) atoms. The molecule has 0 bridgehead atoms. The molecule has 6 rings (SSSR count). The summed E-state index contributed by atoms with van der Waals surface area (Å²) < 4.78 is 4.84. The number of aromatic nitrogens is 6. The molecule has 3 N–H and O–H groups in total. The summed E-state index contributed by atoms with van der Waals surface area (Å²) in [5.41, 5.74) is 9.85. The van der Waals surface area contributed by atoms with Crippen LogP contribution in [0.2, 0.25) is 0 Å². The number of aryl methyl sites for hydroxylation is 2. The fourth-order valence-electron chi connectivity index (χ4n) is 5.18. The number of para-hydroxylation sites is 1. The Bertz CT molecular complexity index is 2100. The standard InChI is InChI=1S/C33H28N8O2/c1-21(37-32(42)29-30(40(3)38-31(29)34)26-14-7-8-17-35-26)27-18-24-11-9-10-23(16-15-22-19-36-39(2)20-22)28(24)33(43)41(27)25-12-5-4-6-13-25/h4-14,17-21H,1-3H3,(H2,34,38)(H,37,42)/t21-/m0/s1. The molecule has 4 heterocycles. The molecule has 1 atom stereocenters. The van der Waals surface area contributed by atoms with E-state index in [-0.39, 0.29) is 16.9 Å². The first-order valence-electron chi connectivity index (χ1n) is 13.6. The Morgan fingerprint density at radius 1 is 1.00 bits per heavy atom. The first-order chi connectivity index (χ1) is 20.8. The van der Waals surface area contributed by atoms with Gasteiger partial charge in [0.15, 0.2) is 5.82 Å². The van der Waals surface area contributed by atoms with E-state index in [9.17, 15) is 9.59 Å². The number of nitrogens with zero attached hydrogens (tertiary/aromatic N) is 6. The summed E-state index contributed by atoms with van der Waals surface area (Å²) in [7, 11) is 3.54. The fraction of sp³-hybridized carbons (Fsp3) is 0.121. The van der Waals surface area contributed by atoms with Crippen LogP contribution in [0, 0.1) is 11.8 Å². The van der Waals surface area contributed by atoms with Crippen molar-refractivity contribution in [1.82, 2.24) is 34.4 Å². The molecular formula is C33H28N8O2. The Kier molecular flexibility index (Phi) is 7.06. The van der Waals surface area contributed by atoms with Crippen molar-refractivity contribution in [1.29, 1.82) is 0 Å². The van der Waals surface area contributed by atoms with Crippen LogP contribution in [0.1, 0.15) is 40.1 Å². The number of amides is 1. The highest BCUT2D eigenvalue weighted by Crippen LogP contribution is 2.28. The summed E-state index contributed by atoms with van der Waals surface area (Å²) in [4.78, 5) is 32.4. The number of rotatable bonds is 5. The van der Waals surface area contributed by atoms with E-state index in [0.29, 0.717) is 39.1 Å². The van der Waals surface area contributed by atoms with Gasteiger partial charge in [0.1, 0.15) is 11.3 Å². The van der Waals surface area contributed by atoms with E-state index in [1.54, 1.807) is 45.5 Å². The van der Waals surface area contributed by atoms with Gasteiger partial charge in [-0.25, -0.2) is 0 Å². The van der Waals surface area contributed by atoms with E-state index in [1.165, 1.54) is 0 Å². The number of carbonyl (C=O) groups excluding carboxylic acids is 1. The summed E-state index contributed by atoms with van der Waals surface area (Å²) in [5.74, 6) is 5.92. The molecule has 2 aromatic carbocycles. The number of nitrogen functional groups attached to an aromatic ring is 1. The Morgan fingerprint density at radius 2 is 1.79 bits per heavy atom. The molecule has 0 radical (unpaired) electrons. The summed E-state index contributed by atoms with van der Waals surface area (Å²) in [6, 6.07) is 21.6. The van der Waals surface area contributed by atoms with Gasteiger partial charge in [-0.15, -0.1) is 0 Å². The van der Waals surface area contributed by atoms with Gasteiger partial charge in [0.2, 0.25) is 0 Å². The van der Waals surface area contributed by atoms with Gasteiger partial charge in [-0.3, -0.25) is 28.5 Å². The lowest BCUT2D eigenvalue weighted by Gasteiger charge is -2.21. The molecular weight excluding hydrogens is 540 g/mol. The highest BCUT2D eigenvalue weighted by Gasteiger charge is 2.26. The van der Waals surface area contributed by atoms with Crippen molar-refractivity contribution in [3.63, 3.8) is 0 Å². The van der Waals surface area contributed by atoms with Crippen LogP contribution in [0.5, 0.6) is 0 Å². The van der Waals surface area contributed by atoms with Crippen molar-refractivity contribution in [2.24, 2.45) is 14.1 Å². The van der Waals surface area contributed by atoms with Crippen molar-refractivity contribution in [2.75, 3.05) is 5.73 Å². The number of carbonyl (C=O) groups is 1. The van der Waals surface area contributed by atoms with Crippen LogP contribution in [0.3, 0.4) is 0 Å². The number of fused-ring (bicyclic) bond motifs is 1. The predicted molar refractivity (Wildman–Crippen MR) is 165 cm³/mol. The molecule has 10 nitrogen and oxygen atoms in total. The molecule has 212 valence electrons. The monoisotopic (exact) mass is 568 g/mol. The molecule has 0 fully saturated rings. The van der Waals surface area contributed by atoms with Gasteiger partial charge in [0.05, 0.1) is 28.9 Å². The molecule has 0 saturated carbocycles. The molecule has 0 aliphatic carbocycles. The van der Waals surface area contributed by atoms with Crippen LogP contribution in [-0.2, 0) is 14.1 Å². The van der Waals surface area contributed by atoms with Crippen molar-refractivity contribution in [2.45, 2.75) is 13.0 Å². The number of nitrogens with one attached hydrogen (secondary N) is 1. The van der Waals surface area contributed by atoms with Crippen LogP contribution in [0.15, 0.2) is 96.2 Å². The van der Waals surface area contributed by atoms with Gasteiger partial charge < -0.3 is 11.1 Å². The average molecular weight is 569 g/mol. The summed E-state index contributed by atoms with van der Waals surface area (Å²) in [5, 5.41) is 12.7. The molecule has 0 spiro atoms. The molecule has 0 unspecified atom stereocenters. The lowest BCUT2D eigenvalue weighted by Crippen LogP contribution is -2.32. The minimum atomic E-state index is -0.592. The van der Waals surface area contributed by atoms with Gasteiger partial charge in [-0.1, -0.05) is 48.2 Å². The average Bonchev–Trinajstić information content (AvgIpc) is 3.57. The maximum Gasteiger partial charge on any atom is 0.264 e. The Morgan fingerprint density at radius 3 is 2.51 bits per heavy atom. The highest BCUT2D eigenvalue weighted by atomic mass is 16.2.